The summed E-state index contributed by atoms with van der Waals surface area (Å²) in [6, 6.07) is 0.649. The standard InChI is InChI=1S/C8H17NO.C2H6/c1-7-4-5-8(6-10-7)9(2)3;1-2/h7-8H,4-6H2,1-3H3;1-2H3/t7-,8?;/m0./s1. The van der Waals surface area contributed by atoms with Gasteiger partial charge in [0.15, 0.2) is 0 Å². The summed E-state index contributed by atoms with van der Waals surface area (Å²) in [6.07, 6.45) is 2.98. The molecule has 1 heterocycles. The van der Waals surface area contributed by atoms with E-state index in [1.54, 1.807) is 0 Å². The molecule has 12 heavy (non-hydrogen) atoms. The Morgan fingerprint density at radius 3 is 2.08 bits per heavy atom. The first kappa shape index (κ1) is 11.9. The largest absolute Gasteiger partial charge is 0.377 e. The van der Waals surface area contributed by atoms with Crippen molar-refractivity contribution in [1.82, 2.24) is 4.90 Å². The summed E-state index contributed by atoms with van der Waals surface area (Å²) in [5.74, 6) is 0. The highest BCUT2D eigenvalue weighted by Gasteiger charge is 2.19. The molecule has 2 nitrogen and oxygen atoms in total. The van der Waals surface area contributed by atoms with Gasteiger partial charge in [-0.3, -0.25) is 0 Å². The molecule has 1 unspecified atom stereocenters. The predicted octanol–water partition coefficient (Wildman–Crippen LogP) is 2.14. The predicted molar refractivity (Wildman–Crippen MR) is 53.5 cm³/mol. The van der Waals surface area contributed by atoms with Gasteiger partial charge in [-0.25, -0.2) is 0 Å². The third kappa shape index (κ3) is 4.07. The van der Waals surface area contributed by atoms with Gasteiger partial charge in [-0.05, 0) is 33.9 Å². The maximum atomic E-state index is 5.51. The van der Waals surface area contributed by atoms with E-state index in [2.05, 4.69) is 25.9 Å². The average Bonchev–Trinajstić information content (AvgIpc) is 2.09. The SMILES string of the molecule is CC.C[C@H]1CCC(N(C)C)CO1. The van der Waals surface area contributed by atoms with Gasteiger partial charge in [-0.15, -0.1) is 0 Å². The van der Waals surface area contributed by atoms with Gasteiger partial charge in [0.25, 0.3) is 0 Å². The lowest BCUT2D eigenvalue weighted by Gasteiger charge is -2.31. The van der Waals surface area contributed by atoms with E-state index in [-0.39, 0.29) is 0 Å². The van der Waals surface area contributed by atoms with Gasteiger partial charge < -0.3 is 9.64 Å². The van der Waals surface area contributed by atoms with E-state index in [1.807, 2.05) is 13.8 Å². The molecule has 1 aliphatic heterocycles. The molecule has 1 aliphatic rings. The second kappa shape index (κ2) is 6.44. The third-order valence-electron chi connectivity index (χ3n) is 2.21. The van der Waals surface area contributed by atoms with Gasteiger partial charge in [-0.2, -0.15) is 0 Å². The summed E-state index contributed by atoms with van der Waals surface area (Å²) in [4.78, 5) is 2.24. The summed E-state index contributed by atoms with van der Waals surface area (Å²) in [7, 11) is 4.23. The molecule has 1 rings (SSSR count). The Morgan fingerprint density at radius 2 is 1.75 bits per heavy atom. The Hall–Kier alpha value is -0.0800. The van der Waals surface area contributed by atoms with Crippen LogP contribution in [0.5, 0.6) is 0 Å². The summed E-state index contributed by atoms with van der Waals surface area (Å²) < 4.78 is 5.51. The number of nitrogens with zero attached hydrogens (tertiary/aromatic N) is 1. The molecule has 0 saturated carbocycles. The van der Waals surface area contributed by atoms with Crippen LogP contribution in [0.2, 0.25) is 0 Å². The van der Waals surface area contributed by atoms with Gasteiger partial charge in [0.1, 0.15) is 0 Å². The molecule has 0 radical (unpaired) electrons. The summed E-state index contributed by atoms with van der Waals surface area (Å²) in [6.45, 7) is 7.06. The van der Waals surface area contributed by atoms with Gasteiger partial charge in [0, 0.05) is 6.04 Å². The molecule has 74 valence electrons. The molecule has 2 atom stereocenters. The Labute approximate surface area is 76.9 Å². The highest BCUT2D eigenvalue weighted by Crippen LogP contribution is 2.15. The normalized spacial score (nSPS) is 29.5. The molecule has 1 fully saturated rings. The third-order valence-corrected chi connectivity index (χ3v) is 2.21. The topological polar surface area (TPSA) is 12.5 Å². The average molecular weight is 173 g/mol. The van der Waals surface area contributed by atoms with E-state index in [0.29, 0.717) is 12.1 Å². The van der Waals surface area contributed by atoms with Crippen molar-refractivity contribution in [2.75, 3.05) is 20.7 Å². The fourth-order valence-electron chi connectivity index (χ4n) is 1.28. The molecule has 0 spiro atoms. The van der Waals surface area contributed by atoms with Crippen LogP contribution in [0.25, 0.3) is 0 Å². The maximum absolute atomic E-state index is 5.51. The zero-order chi connectivity index (χ0) is 9.56. The molecular weight excluding hydrogens is 150 g/mol. The van der Waals surface area contributed by atoms with Crippen LogP contribution in [0.15, 0.2) is 0 Å². The van der Waals surface area contributed by atoms with Crippen molar-refractivity contribution in [3.05, 3.63) is 0 Å². The van der Waals surface area contributed by atoms with Crippen molar-refractivity contribution >= 4 is 0 Å². The minimum atomic E-state index is 0.483. The van der Waals surface area contributed by atoms with Crippen LogP contribution in [0.1, 0.15) is 33.6 Å². The minimum Gasteiger partial charge on any atom is -0.377 e. The first-order chi connectivity index (χ1) is 5.70. The van der Waals surface area contributed by atoms with Gasteiger partial charge in [-0.1, -0.05) is 13.8 Å². The lowest BCUT2D eigenvalue weighted by Crippen LogP contribution is -2.38. The van der Waals surface area contributed by atoms with E-state index in [9.17, 15) is 0 Å². The van der Waals surface area contributed by atoms with E-state index in [0.717, 1.165) is 6.61 Å². The Bertz CT molecular complexity index is 96.0. The van der Waals surface area contributed by atoms with Crippen LogP contribution in [-0.4, -0.2) is 37.7 Å². The van der Waals surface area contributed by atoms with Crippen molar-refractivity contribution in [3.8, 4) is 0 Å². The summed E-state index contributed by atoms with van der Waals surface area (Å²) in [5, 5.41) is 0. The number of likely N-dealkylation sites (N-methyl/N-ethyl adjacent to an activating group) is 1. The molecule has 0 amide bonds. The monoisotopic (exact) mass is 173 g/mol. The van der Waals surface area contributed by atoms with Crippen molar-refractivity contribution in [2.24, 2.45) is 0 Å². The fraction of sp³-hybridized carbons (Fsp3) is 1.00. The number of hydrogen-bond acceptors (Lipinski definition) is 2. The molecule has 2 heteroatoms. The zero-order valence-electron chi connectivity index (χ0n) is 9.13. The Morgan fingerprint density at radius 1 is 1.17 bits per heavy atom. The number of hydrogen-bond donors (Lipinski definition) is 0. The smallest absolute Gasteiger partial charge is 0.0625 e. The molecule has 0 aromatic rings. The van der Waals surface area contributed by atoms with Gasteiger partial charge in [0.2, 0.25) is 0 Å². The van der Waals surface area contributed by atoms with Crippen molar-refractivity contribution in [1.29, 1.82) is 0 Å². The summed E-state index contributed by atoms with van der Waals surface area (Å²) in [5.41, 5.74) is 0. The molecule has 0 aliphatic carbocycles. The molecular formula is C10H23NO. The van der Waals surface area contributed by atoms with Gasteiger partial charge in [0.05, 0.1) is 12.7 Å². The Balaban J connectivity index is 0.000000561. The van der Waals surface area contributed by atoms with E-state index >= 15 is 0 Å². The lowest BCUT2D eigenvalue weighted by atomic mass is 10.1. The van der Waals surface area contributed by atoms with Crippen LogP contribution in [0.3, 0.4) is 0 Å². The fourth-order valence-corrected chi connectivity index (χ4v) is 1.28. The van der Waals surface area contributed by atoms with E-state index in [1.165, 1.54) is 12.8 Å². The Kier molecular flexibility index (Phi) is 6.39. The molecule has 1 saturated heterocycles. The van der Waals surface area contributed by atoms with Crippen molar-refractivity contribution < 1.29 is 4.74 Å². The second-order valence-corrected chi connectivity index (χ2v) is 3.34. The van der Waals surface area contributed by atoms with Crippen LogP contribution in [0, 0.1) is 0 Å². The molecule has 0 N–H and O–H groups in total. The van der Waals surface area contributed by atoms with E-state index < -0.39 is 0 Å². The minimum absolute atomic E-state index is 0.483. The highest BCUT2D eigenvalue weighted by atomic mass is 16.5. The van der Waals surface area contributed by atoms with E-state index in [4.69, 9.17) is 4.74 Å². The molecule has 0 aromatic carbocycles. The highest BCUT2D eigenvalue weighted by molar-refractivity contribution is 4.72. The number of rotatable bonds is 1. The lowest BCUT2D eigenvalue weighted by molar-refractivity contribution is -0.0158. The zero-order valence-corrected chi connectivity index (χ0v) is 9.13. The quantitative estimate of drug-likeness (QED) is 0.602. The summed E-state index contributed by atoms with van der Waals surface area (Å²) >= 11 is 0. The first-order valence-electron chi connectivity index (χ1n) is 4.98. The number of ether oxygens (including phenoxy) is 1. The van der Waals surface area contributed by atoms with Crippen LogP contribution < -0.4 is 0 Å². The van der Waals surface area contributed by atoms with Crippen molar-refractivity contribution in [3.63, 3.8) is 0 Å². The van der Waals surface area contributed by atoms with Crippen LogP contribution in [0.4, 0.5) is 0 Å². The first-order valence-corrected chi connectivity index (χ1v) is 4.98. The maximum Gasteiger partial charge on any atom is 0.0625 e. The van der Waals surface area contributed by atoms with Crippen molar-refractivity contribution in [2.45, 2.75) is 45.8 Å². The van der Waals surface area contributed by atoms with Crippen LogP contribution >= 0.6 is 0 Å². The second-order valence-electron chi connectivity index (χ2n) is 3.34. The molecule has 0 bridgehead atoms. The molecule has 0 aromatic heterocycles. The van der Waals surface area contributed by atoms with Gasteiger partial charge >= 0.3 is 0 Å². The van der Waals surface area contributed by atoms with Crippen LogP contribution in [-0.2, 0) is 4.74 Å².